The molecule has 5 nitrogen and oxygen atoms in total. The van der Waals surface area contributed by atoms with Crippen LogP contribution in [-0.2, 0) is 13.5 Å². The van der Waals surface area contributed by atoms with E-state index < -0.39 is 0 Å². The van der Waals surface area contributed by atoms with E-state index in [9.17, 15) is 0 Å². The summed E-state index contributed by atoms with van der Waals surface area (Å²) in [6.07, 6.45) is 4.66. The molecule has 1 aliphatic heterocycles. The van der Waals surface area contributed by atoms with Crippen molar-refractivity contribution in [2.24, 2.45) is 7.05 Å². The maximum Gasteiger partial charge on any atom is 0.158 e. The predicted octanol–water partition coefficient (Wildman–Crippen LogP) is 2.61. The quantitative estimate of drug-likeness (QED) is 0.844. The van der Waals surface area contributed by atoms with Gasteiger partial charge in [-0.2, -0.15) is 5.10 Å². The van der Waals surface area contributed by atoms with Crippen molar-refractivity contribution in [3.63, 3.8) is 0 Å². The van der Waals surface area contributed by atoms with Crippen LogP contribution >= 0.6 is 0 Å². The molecule has 2 aromatic rings. The second kappa shape index (κ2) is 5.04. The van der Waals surface area contributed by atoms with Crippen molar-refractivity contribution in [2.75, 3.05) is 11.4 Å². The molecule has 1 saturated heterocycles. The molecule has 20 heavy (non-hydrogen) atoms. The molecule has 1 aliphatic rings. The highest BCUT2D eigenvalue weighted by atomic mass is 15.3. The highest BCUT2D eigenvalue weighted by Gasteiger charge is 2.24. The summed E-state index contributed by atoms with van der Waals surface area (Å²) in [5, 5.41) is 4.53. The van der Waals surface area contributed by atoms with Crippen LogP contribution in [0.5, 0.6) is 0 Å². The highest BCUT2D eigenvalue weighted by molar-refractivity contribution is 5.88. The van der Waals surface area contributed by atoms with Crippen LogP contribution in [0.4, 0.5) is 5.82 Å². The third-order valence-electron chi connectivity index (χ3n) is 4.27. The van der Waals surface area contributed by atoms with Crippen LogP contribution in [0.2, 0.25) is 0 Å². The van der Waals surface area contributed by atoms with Crippen LogP contribution < -0.4 is 4.90 Å². The van der Waals surface area contributed by atoms with Gasteiger partial charge in [0.2, 0.25) is 0 Å². The molecule has 1 unspecified atom stereocenters. The van der Waals surface area contributed by atoms with Gasteiger partial charge in [0, 0.05) is 26.1 Å². The first-order chi connectivity index (χ1) is 9.61. The minimum atomic E-state index is 0.543. The zero-order chi connectivity index (χ0) is 14.3. The lowest BCUT2D eigenvalue weighted by Crippen LogP contribution is -2.38. The van der Waals surface area contributed by atoms with Gasteiger partial charge in [0.05, 0.1) is 5.69 Å². The third kappa shape index (κ3) is 2.05. The molecule has 0 bridgehead atoms. The van der Waals surface area contributed by atoms with Crippen LogP contribution in [0.3, 0.4) is 0 Å². The number of hydrogen-bond acceptors (Lipinski definition) is 4. The lowest BCUT2D eigenvalue weighted by atomic mass is 10.0. The normalized spacial score (nSPS) is 19.8. The Labute approximate surface area is 120 Å². The Kier molecular flexibility index (Phi) is 3.36. The molecule has 0 saturated carbocycles. The molecule has 3 rings (SSSR count). The van der Waals surface area contributed by atoms with Crippen LogP contribution in [0, 0.1) is 6.92 Å². The van der Waals surface area contributed by atoms with E-state index in [1.807, 2.05) is 18.7 Å². The van der Waals surface area contributed by atoms with Gasteiger partial charge in [-0.15, -0.1) is 0 Å². The summed E-state index contributed by atoms with van der Waals surface area (Å²) in [7, 11) is 1.99. The molecule has 1 fully saturated rings. The Morgan fingerprint density at radius 3 is 2.75 bits per heavy atom. The van der Waals surface area contributed by atoms with Gasteiger partial charge in [-0.1, -0.05) is 6.92 Å². The number of rotatable bonds is 2. The van der Waals surface area contributed by atoms with Gasteiger partial charge >= 0.3 is 0 Å². The van der Waals surface area contributed by atoms with Crippen molar-refractivity contribution in [2.45, 2.75) is 52.5 Å². The smallest absolute Gasteiger partial charge is 0.158 e. The SMILES string of the molecule is CCc1nc(N2CCCCC2C)c2c(n1)c(C)nn2C. The second-order valence-corrected chi connectivity index (χ2v) is 5.76. The standard InChI is InChI=1S/C15H23N5/c1-5-12-16-13-11(3)18-19(4)14(13)15(17-12)20-9-7-6-8-10(20)2/h10H,5-9H2,1-4H3. The average molecular weight is 273 g/mol. The van der Waals surface area contributed by atoms with Gasteiger partial charge in [-0.25, -0.2) is 9.97 Å². The minimum absolute atomic E-state index is 0.543. The lowest BCUT2D eigenvalue weighted by Gasteiger charge is -2.34. The van der Waals surface area contributed by atoms with Crippen LogP contribution in [0.1, 0.15) is 44.6 Å². The fourth-order valence-corrected chi connectivity index (χ4v) is 3.13. The first-order valence-corrected chi connectivity index (χ1v) is 7.58. The number of anilines is 1. The summed E-state index contributed by atoms with van der Waals surface area (Å²) >= 11 is 0. The Morgan fingerprint density at radius 2 is 2.05 bits per heavy atom. The van der Waals surface area contributed by atoms with Gasteiger partial charge < -0.3 is 4.90 Å². The van der Waals surface area contributed by atoms with Gasteiger partial charge in [0.1, 0.15) is 16.9 Å². The summed E-state index contributed by atoms with van der Waals surface area (Å²) in [5.41, 5.74) is 3.08. The average Bonchev–Trinajstić information content (AvgIpc) is 2.74. The van der Waals surface area contributed by atoms with Crippen molar-refractivity contribution in [1.29, 1.82) is 0 Å². The molecule has 1 atom stereocenters. The number of aromatic nitrogens is 4. The van der Waals surface area contributed by atoms with E-state index in [1.165, 1.54) is 19.3 Å². The molecule has 0 amide bonds. The predicted molar refractivity (Wildman–Crippen MR) is 81.1 cm³/mol. The van der Waals surface area contributed by atoms with Crippen LogP contribution in [0.15, 0.2) is 0 Å². The van der Waals surface area contributed by atoms with E-state index in [4.69, 9.17) is 4.98 Å². The fraction of sp³-hybridized carbons (Fsp3) is 0.667. The van der Waals surface area contributed by atoms with Crippen LogP contribution in [0.25, 0.3) is 11.0 Å². The molecule has 0 aliphatic carbocycles. The highest BCUT2D eigenvalue weighted by Crippen LogP contribution is 2.30. The van der Waals surface area contributed by atoms with Crippen molar-refractivity contribution in [3.8, 4) is 0 Å². The molecule has 0 N–H and O–H groups in total. The van der Waals surface area contributed by atoms with Crippen molar-refractivity contribution in [3.05, 3.63) is 11.5 Å². The number of aryl methyl sites for hydroxylation is 3. The van der Waals surface area contributed by atoms with E-state index in [2.05, 4.69) is 28.8 Å². The number of fused-ring (bicyclic) bond motifs is 1. The largest absolute Gasteiger partial charge is 0.352 e. The molecular formula is C15H23N5. The summed E-state index contributed by atoms with van der Waals surface area (Å²) in [6.45, 7) is 7.51. The molecule has 0 aromatic carbocycles. The number of hydrogen-bond donors (Lipinski definition) is 0. The summed E-state index contributed by atoms with van der Waals surface area (Å²) < 4.78 is 1.93. The third-order valence-corrected chi connectivity index (χ3v) is 4.27. The van der Waals surface area contributed by atoms with Gasteiger partial charge in [0.25, 0.3) is 0 Å². The van der Waals surface area contributed by atoms with Gasteiger partial charge in [0.15, 0.2) is 5.82 Å². The topological polar surface area (TPSA) is 46.8 Å². The Bertz CT molecular complexity index is 631. The van der Waals surface area contributed by atoms with Gasteiger partial charge in [-0.05, 0) is 33.1 Å². The van der Waals surface area contributed by atoms with Gasteiger partial charge in [-0.3, -0.25) is 4.68 Å². The Balaban J connectivity index is 2.21. The zero-order valence-electron chi connectivity index (χ0n) is 12.8. The second-order valence-electron chi connectivity index (χ2n) is 5.76. The van der Waals surface area contributed by atoms with E-state index >= 15 is 0 Å². The van der Waals surface area contributed by atoms with E-state index in [0.29, 0.717) is 6.04 Å². The summed E-state index contributed by atoms with van der Waals surface area (Å²) in [5.74, 6) is 1.99. The molecule has 0 spiro atoms. The lowest BCUT2D eigenvalue weighted by molar-refractivity contribution is 0.481. The van der Waals surface area contributed by atoms with Crippen molar-refractivity contribution >= 4 is 16.9 Å². The molecule has 0 radical (unpaired) electrons. The summed E-state index contributed by atoms with van der Waals surface area (Å²) in [6, 6.07) is 0.543. The number of piperidine rings is 1. The Morgan fingerprint density at radius 1 is 1.25 bits per heavy atom. The van der Waals surface area contributed by atoms with Crippen molar-refractivity contribution in [1.82, 2.24) is 19.7 Å². The molecular weight excluding hydrogens is 250 g/mol. The van der Waals surface area contributed by atoms with E-state index in [0.717, 1.165) is 41.3 Å². The number of nitrogens with zero attached hydrogens (tertiary/aromatic N) is 5. The van der Waals surface area contributed by atoms with E-state index in [1.54, 1.807) is 0 Å². The molecule has 2 aromatic heterocycles. The maximum absolute atomic E-state index is 4.82. The molecule has 108 valence electrons. The molecule has 3 heterocycles. The first-order valence-electron chi connectivity index (χ1n) is 7.58. The zero-order valence-corrected chi connectivity index (χ0v) is 12.8. The maximum atomic E-state index is 4.82. The molecule has 5 heteroatoms. The van der Waals surface area contributed by atoms with E-state index in [-0.39, 0.29) is 0 Å². The first kappa shape index (κ1) is 13.3. The Hall–Kier alpha value is -1.65. The monoisotopic (exact) mass is 273 g/mol. The van der Waals surface area contributed by atoms with Crippen molar-refractivity contribution < 1.29 is 0 Å². The van der Waals surface area contributed by atoms with Crippen LogP contribution in [-0.4, -0.2) is 32.3 Å². The fourth-order valence-electron chi connectivity index (χ4n) is 3.13. The summed E-state index contributed by atoms with van der Waals surface area (Å²) in [4.78, 5) is 11.9. The minimum Gasteiger partial charge on any atom is -0.352 e.